The van der Waals surface area contributed by atoms with Crippen molar-refractivity contribution in [2.75, 3.05) is 27.2 Å². The van der Waals surface area contributed by atoms with Gasteiger partial charge in [0.1, 0.15) is 22.8 Å². The maximum absolute atomic E-state index is 14.4. The third-order valence-corrected chi connectivity index (χ3v) is 8.38. The first-order chi connectivity index (χ1) is 18.6. The van der Waals surface area contributed by atoms with Crippen LogP contribution in [-0.2, 0) is 28.6 Å². The second-order valence-corrected chi connectivity index (χ2v) is 10.6. The van der Waals surface area contributed by atoms with Crippen molar-refractivity contribution in [2.24, 2.45) is 17.6 Å². The molecule has 10 nitrogen and oxygen atoms in total. The summed E-state index contributed by atoms with van der Waals surface area (Å²) in [6.45, 7) is 2.35. The Morgan fingerprint density at radius 1 is 1.25 bits per heavy atom. The van der Waals surface area contributed by atoms with E-state index in [1.54, 1.807) is 14.0 Å². The normalized spacial score (nSPS) is 26.6. The molecular formula is C27H32F3N3O7. The maximum atomic E-state index is 14.4. The van der Waals surface area contributed by atoms with Gasteiger partial charge in [-0.1, -0.05) is 6.92 Å². The zero-order chi connectivity index (χ0) is 29.9. The lowest BCUT2D eigenvalue weighted by atomic mass is 9.58. The van der Waals surface area contributed by atoms with Gasteiger partial charge in [-0.25, -0.2) is 0 Å². The van der Waals surface area contributed by atoms with E-state index in [0.717, 1.165) is 6.07 Å². The van der Waals surface area contributed by atoms with Gasteiger partial charge in [0, 0.05) is 11.5 Å². The summed E-state index contributed by atoms with van der Waals surface area (Å²) < 4.78 is 43.3. The first-order valence-electron chi connectivity index (χ1n) is 12.9. The molecule has 0 saturated heterocycles. The van der Waals surface area contributed by atoms with E-state index in [2.05, 4.69) is 5.32 Å². The van der Waals surface area contributed by atoms with E-state index in [0.29, 0.717) is 13.0 Å². The van der Waals surface area contributed by atoms with E-state index in [1.165, 1.54) is 11.9 Å². The Kier molecular flexibility index (Phi) is 7.54. The van der Waals surface area contributed by atoms with Gasteiger partial charge in [0.05, 0.1) is 17.2 Å². The molecule has 0 aromatic heterocycles. The molecule has 218 valence electrons. The van der Waals surface area contributed by atoms with Crippen LogP contribution < -0.4 is 11.1 Å². The molecule has 0 bridgehead atoms. The lowest BCUT2D eigenvalue weighted by Crippen LogP contribution is -2.64. The van der Waals surface area contributed by atoms with Gasteiger partial charge in [0.25, 0.3) is 5.91 Å². The average molecular weight is 568 g/mol. The summed E-state index contributed by atoms with van der Waals surface area (Å²) in [6.07, 6.45) is -5.29. The largest absolute Gasteiger partial charge is 0.510 e. The quantitative estimate of drug-likeness (QED) is 0.212. The third kappa shape index (κ3) is 4.27. The molecule has 0 saturated carbocycles. The van der Waals surface area contributed by atoms with Crippen molar-refractivity contribution in [1.82, 2.24) is 10.2 Å². The van der Waals surface area contributed by atoms with Crippen molar-refractivity contribution in [3.8, 4) is 5.75 Å². The number of rotatable bonds is 7. The number of phenols is 1. The second kappa shape index (κ2) is 10.2. The highest BCUT2D eigenvalue weighted by molar-refractivity contribution is 6.24. The number of Topliss-reactive ketones (excluding diaryl/α,β-unsaturated/α-hetero) is 2. The van der Waals surface area contributed by atoms with Gasteiger partial charge in [-0.3, -0.25) is 19.3 Å². The molecular weight excluding hydrogens is 535 g/mol. The number of amides is 1. The number of carbonyl (C=O) groups is 3. The zero-order valence-electron chi connectivity index (χ0n) is 22.2. The Labute approximate surface area is 228 Å². The summed E-state index contributed by atoms with van der Waals surface area (Å²) in [5, 5.41) is 47.4. The van der Waals surface area contributed by atoms with Crippen LogP contribution in [-0.4, -0.2) is 81.6 Å². The first-order valence-corrected chi connectivity index (χ1v) is 12.9. The molecule has 3 aliphatic rings. The number of nitrogens with one attached hydrogen (secondary N) is 1. The molecule has 1 aromatic rings. The van der Waals surface area contributed by atoms with Crippen LogP contribution in [0.25, 0.3) is 0 Å². The Morgan fingerprint density at radius 2 is 1.90 bits per heavy atom. The number of alkyl halides is 3. The zero-order valence-corrected chi connectivity index (χ0v) is 22.2. The van der Waals surface area contributed by atoms with Crippen LogP contribution in [0.3, 0.4) is 0 Å². The number of benzene rings is 1. The number of nitrogens with zero attached hydrogens (tertiary/aromatic N) is 1. The third-order valence-electron chi connectivity index (χ3n) is 8.38. The fraction of sp³-hybridized carbons (Fsp3) is 0.519. The summed E-state index contributed by atoms with van der Waals surface area (Å²) in [4.78, 5) is 40.6. The molecule has 0 radical (unpaired) electrons. The Balaban J connectivity index is 1.96. The Hall–Kier alpha value is -3.42. The van der Waals surface area contributed by atoms with Gasteiger partial charge in [-0.2, -0.15) is 13.2 Å². The molecule has 3 aliphatic carbocycles. The fourth-order valence-corrected chi connectivity index (χ4v) is 6.50. The minimum Gasteiger partial charge on any atom is -0.510 e. The predicted molar refractivity (Wildman–Crippen MR) is 136 cm³/mol. The highest BCUT2D eigenvalue weighted by atomic mass is 19.4. The number of carbonyl (C=O) groups excluding carboxylic acids is 3. The number of primary amides is 1. The molecule has 0 unspecified atom stereocenters. The maximum Gasteiger partial charge on any atom is 0.416 e. The number of hydrogen-bond donors (Lipinski definition) is 6. The fourth-order valence-electron chi connectivity index (χ4n) is 6.50. The van der Waals surface area contributed by atoms with Crippen LogP contribution in [0.1, 0.15) is 46.8 Å². The van der Waals surface area contributed by atoms with Crippen molar-refractivity contribution >= 4 is 17.5 Å². The Morgan fingerprint density at radius 3 is 2.45 bits per heavy atom. The molecule has 7 N–H and O–H groups in total. The number of fused-ring (bicyclic) bond motifs is 3. The van der Waals surface area contributed by atoms with Crippen LogP contribution >= 0.6 is 0 Å². The molecule has 0 fully saturated rings. The number of aromatic hydroxyl groups is 1. The van der Waals surface area contributed by atoms with Gasteiger partial charge >= 0.3 is 6.18 Å². The van der Waals surface area contributed by atoms with E-state index in [4.69, 9.17) is 5.73 Å². The van der Waals surface area contributed by atoms with Gasteiger partial charge in [0.15, 0.2) is 11.4 Å². The van der Waals surface area contributed by atoms with Gasteiger partial charge < -0.3 is 31.5 Å². The number of ketones is 2. The van der Waals surface area contributed by atoms with Crippen molar-refractivity contribution in [3.05, 3.63) is 51.0 Å². The van der Waals surface area contributed by atoms with Gasteiger partial charge in [0.2, 0.25) is 5.78 Å². The lowest BCUT2D eigenvalue weighted by Gasteiger charge is -2.50. The summed E-state index contributed by atoms with van der Waals surface area (Å²) in [6, 6.07) is -0.337. The number of aliphatic hydroxyl groups is 3. The summed E-state index contributed by atoms with van der Waals surface area (Å²) >= 11 is 0. The van der Waals surface area contributed by atoms with Crippen LogP contribution in [0, 0.1) is 11.8 Å². The number of likely N-dealkylation sites (N-methyl/N-ethyl adjacent to an activating group) is 1. The molecule has 0 heterocycles. The van der Waals surface area contributed by atoms with Crippen molar-refractivity contribution in [3.63, 3.8) is 0 Å². The van der Waals surface area contributed by atoms with Gasteiger partial charge in [-0.15, -0.1) is 0 Å². The number of aryl methyl sites for hydroxylation is 1. The summed E-state index contributed by atoms with van der Waals surface area (Å²) in [5.41, 5.74) is -1.31. The summed E-state index contributed by atoms with van der Waals surface area (Å²) in [7, 11) is 3.17. The number of nitrogens with two attached hydrogens (primary N) is 1. The van der Waals surface area contributed by atoms with E-state index < -0.39 is 98.7 Å². The van der Waals surface area contributed by atoms with E-state index in [9.17, 15) is 48.0 Å². The molecule has 1 amide bonds. The van der Waals surface area contributed by atoms with Crippen LogP contribution in [0.15, 0.2) is 28.7 Å². The minimum atomic E-state index is -4.87. The summed E-state index contributed by atoms with van der Waals surface area (Å²) in [5.74, 6) is -8.92. The molecule has 1 aromatic carbocycles. The molecule has 4 atom stereocenters. The lowest BCUT2D eigenvalue weighted by molar-refractivity contribution is -0.148. The van der Waals surface area contributed by atoms with Gasteiger partial charge in [-0.05, 0) is 76.0 Å². The molecule has 4 rings (SSSR count). The molecule has 0 spiro atoms. The molecule has 40 heavy (non-hydrogen) atoms. The van der Waals surface area contributed by atoms with E-state index in [-0.39, 0.29) is 24.9 Å². The highest BCUT2D eigenvalue weighted by Gasteiger charge is 2.63. The predicted octanol–water partition coefficient (Wildman–Crippen LogP) is 1.68. The van der Waals surface area contributed by atoms with E-state index >= 15 is 0 Å². The standard InChI is InChI=1S/C27H32F3N3O7/c1-4-33(3)20-14-9-12-8-13-17(15(34)10-11(6-5-7-32-2)19(13)27(28,29)30)21(35)16(12)23(37)26(14,40)24(38)18(22(20)36)25(31)39/h10,12,14,20,32,34,36-37,40H,4-9H2,1-3H3,(H2,31,39)/t12-,14-,20-,26-/m0/s1. The monoisotopic (exact) mass is 567 g/mol. The molecule has 13 heteroatoms. The number of allylic oxidation sites excluding steroid dienone is 1. The number of hydrogen-bond acceptors (Lipinski definition) is 9. The minimum absolute atomic E-state index is 0.0296. The smallest absolute Gasteiger partial charge is 0.416 e. The highest BCUT2D eigenvalue weighted by Crippen LogP contribution is 2.54. The van der Waals surface area contributed by atoms with Crippen LogP contribution in [0.2, 0.25) is 0 Å². The van der Waals surface area contributed by atoms with Crippen LogP contribution in [0.5, 0.6) is 5.75 Å². The number of phenolic OH excluding ortho intramolecular Hbond substituents is 1. The van der Waals surface area contributed by atoms with E-state index in [1.807, 2.05) is 0 Å². The average Bonchev–Trinajstić information content (AvgIpc) is 2.85. The van der Waals surface area contributed by atoms with Crippen molar-refractivity contribution < 1.29 is 48.0 Å². The molecule has 0 aliphatic heterocycles. The Bertz CT molecular complexity index is 1350. The SMILES string of the molecule is CCN(C)[C@@H]1C(O)=C(C(N)=O)C(=O)[C@@]2(O)C(O)=C3C(=O)c4c(O)cc(CCCNC)c(C(F)(F)F)c4C[C@H]3C[C@@H]12. The van der Waals surface area contributed by atoms with Crippen LogP contribution in [0.4, 0.5) is 13.2 Å². The first kappa shape index (κ1) is 29.6. The number of halogens is 3. The second-order valence-electron chi connectivity index (χ2n) is 10.6. The van der Waals surface area contributed by atoms with Crippen molar-refractivity contribution in [1.29, 1.82) is 0 Å². The topological polar surface area (TPSA) is 173 Å². The number of aliphatic hydroxyl groups excluding tert-OH is 2. The van der Waals surface area contributed by atoms with Crippen molar-refractivity contribution in [2.45, 2.75) is 50.4 Å².